The number of hydrogen-bond donors (Lipinski definition) is 1. The lowest BCUT2D eigenvalue weighted by Crippen LogP contribution is -2.63. The number of anilines is 1. The fraction of sp³-hybridized carbons (Fsp3) is 0.391. The van der Waals surface area contributed by atoms with Crippen LogP contribution in [0.2, 0.25) is 0 Å². The Balaban J connectivity index is 1.93. The zero-order chi connectivity index (χ0) is 21.4. The molecule has 0 atom stereocenters. The number of ketones is 1. The maximum Gasteiger partial charge on any atom is 0.252 e. The van der Waals surface area contributed by atoms with Gasteiger partial charge in [0.1, 0.15) is 5.75 Å². The highest BCUT2D eigenvalue weighted by Crippen LogP contribution is 2.44. The van der Waals surface area contributed by atoms with Gasteiger partial charge in [-0.05, 0) is 52.7 Å². The molecule has 0 amide bonds. The smallest absolute Gasteiger partial charge is 0.252 e. The zero-order valence-electron chi connectivity index (χ0n) is 17.1. The molecule has 1 aliphatic rings. The number of benzene rings is 2. The van der Waals surface area contributed by atoms with Gasteiger partial charge >= 0.3 is 0 Å². The van der Waals surface area contributed by atoms with Crippen LogP contribution >= 0.6 is 0 Å². The van der Waals surface area contributed by atoms with Crippen molar-refractivity contribution < 1.29 is 24.5 Å². The molecule has 1 fully saturated rings. The Bertz CT molecular complexity index is 902. The summed E-state index contributed by atoms with van der Waals surface area (Å²) >= 11 is 0. The van der Waals surface area contributed by atoms with E-state index in [4.69, 9.17) is 4.74 Å². The molecule has 0 bridgehead atoms. The molecule has 0 spiro atoms. The first-order valence-electron chi connectivity index (χ1n) is 9.62. The Labute approximate surface area is 170 Å². The van der Waals surface area contributed by atoms with Crippen molar-refractivity contribution in [3.05, 3.63) is 59.7 Å². The molecule has 1 heterocycles. The maximum atomic E-state index is 12.7. The van der Waals surface area contributed by atoms with E-state index in [0.29, 0.717) is 18.4 Å². The van der Waals surface area contributed by atoms with Crippen LogP contribution in [0.5, 0.6) is 5.75 Å². The minimum absolute atomic E-state index is 0.0870. The van der Waals surface area contributed by atoms with Crippen LogP contribution in [0.4, 0.5) is 10.5 Å². The molecule has 3 rings (SSSR count). The third kappa shape index (κ3) is 4.21. The molecule has 2 aromatic rings. The highest BCUT2D eigenvalue weighted by molar-refractivity contribution is 6.10. The quantitative estimate of drug-likeness (QED) is 0.628. The van der Waals surface area contributed by atoms with E-state index in [2.05, 4.69) is 4.90 Å². The van der Waals surface area contributed by atoms with Gasteiger partial charge in [0.2, 0.25) is 0 Å². The van der Waals surface area contributed by atoms with Crippen molar-refractivity contribution in [2.24, 2.45) is 0 Å². The Morgan fingerprint density at radius 3 is 2.14 bits per heavy atom. The van der Waals surface area contributed by atoms with Crippen LogP contribution in [-0.2, 0) is 4.74 Å². The number of carbonyl (C=O) groups excluding carboxylic acids is 2. The molecule has 1 aliphatic heterocycles. The molecule has 0 aromatic heterocycles. The normalized spacial score (nSPS) is 18.3. The first-order chi connectivity index (χ1) is 13.5. The average Bonchev–Trinajstić information content (AvgIpc) is 2.59. The van der Waals surface area contributed by atoms with Crippen LogP contribution in [0.3, 0.4) is 0 Å². The SMILES string of the molecule is CC1(C)CC(OC(=O)[O-])CC(C)(C)N1c1ccc(C(=O)c2ccccc2)c(O)c1. The van der Waals surface area contributed by atoms with E-state index in [1.165, 1.54) is 0 Å². The number of carbonyl (C=O) groups is 2. The molecule has 6 nitrogen and oxygen atoms in total. The lowest BCUT2D eigenvalue weighted by molar-refractivity contribution is -0.289. The summed E-state index contributed by atoms with van der Waals surface area (Å²) in [6.45, 7) is 8.00. The maximum absolute atomic E-state index is 12.7. The first kappa shape index (κ1) is 20.7. The van der Waals surface area contributed by atoms with Gasteiger partial charge in [-0.3, -0.25) is 4.79 Å². The molecule has 6 heteroatoms. The highest BCUT2D eigenvalue weighted by Gasteiger charge is 2.45. The molecule has 1 saturated heterocycles. The van der Waals surface area contributed by atoms with E-state index in [1.54, 1.807) is 36.4 Å². The second-order valence-electron chi connectivity index (χ2n) is 8.75. The number of piperidine rings is 1. The molecule has 0 aliphatic carbocycles. The topological polar surface area (TPSA) is 89.9 Å². The van der Waals surface area contributed by atoms with Crippen molar-refractivity contribution in [2.45, 2.75) is 57.7 Å². The Kier molecular flexibility index (Phi) is 5.30. The lowest BCUT2D eigenvalue weighted by atomic mass is 9.77. The molecular formula is C23H26NO5-. The molecule has 0 radical (unpaired) electrons. The highest BCUT2D eigenvalue weighted by atomic mass is 16.7. The lowest BCUT2D eigenvalue weighted by Gasteiger charge is -2.57. The standard InChI is InChI=1S/C23H27NO5/c1-22(2)13-17(29-21(27)28)14-23(3,4)24(22)16-10-11-18(19(25)12-16)20(26)15-8-6-5-7-9-15/h5-12,17,25H,13-14H2,1-4H3,(H,27,28)/p-1. The van der Waals surface area contributed by atoms with Crippen molar-refractivity contribution in [1.29, 1.82) is 0 Å². The van der Waals surface area contributed by atoms with E-state index < -0.39 is 23.3 Å². The van der Waals surface area contributed by atoms with E-state index in [1.807, 2.05) is 39.8 Å². The molecule has 2 aromatic carbocycles. The summed E-state index contributed by atoms with van der Waals surface area (Å²) in [5, 5.41) is 21.5. The largest absolute Gasteiger partial charge is 0.546 e. The fourth-order valence-corrected chi connectivity index (χ4v) is 4.70. The monoisotopic (exact) mass is 396 g/mol. The van der Waals surface area contributed by atoms with Gasteiger partial charge in [0.15, 0.2) is 5.78 Å². The zero-order valence-corrected chi connectivity index (χ0v) is 17.1. The fourth-order valence-electron chi connectivity index (χ4n) is 4.70. The van der Waals surface area contributed by atoms with Crippen LogP contribution in [-0.4, -0.2) is 34.2 Å². The second-order valence-corrected chi connectivity index (χ2v) is 8.75. The van der Waals surface area contributed by atoms with E-state index in [0.717, 1.165) is 5.69 Å². The number of phenols is 1. The summed E-state index contributed by atoms with van der Waals surface area (Å²) in [5.41, 5.74) is 0.620. The Hall–Kier alpha value is -3.02. The summed E-state index contributed by atoms with van der Waals surface area (Å²) in [6.07, 6.45) is -1.02. The van der Waals surface area contributed by atoms with Gasteiger partial charge in [0.25, 0.3) is 6.16 Å². The molecule has 1 N–H and O–H groups in total. The van der Waals surface area contributed by atoms with E-state index in [-0.39, 0.29) is 17.1 Å². The molecule has 29 heavy (non-hydrogen) atoms. The summed E-state index contributed by atoms with van der Waals surface area (Å²) < 4.78 is 4.95. The summed E-state index contributed by atoms with van der Waals surface area (Å²) in [7, 11) is 0. The van der Waals surface area contributed by atoms with Gasteiger partial charge in [-0.25, -0.2) is 0 Å². The molecule has 154 valence electrons. The van der Waals surface area contributed by atoms with Gasteiger partial charge in [0, 0.05) is 34.5 Å². The first-order valence-corrected chi connectivity index (χ1v) is 9.62. The molecule has 0 unspecified atom stereocenters. The van der Waals surface area contributed by atoms with Crippen LogP contribution in [0.15, 0.2) is 48.5 Å². The number of phenolic OH excluding ortho intramolecular Hbond substituents is 1. The van der Waals surface area contributed by atoms with Gasteiger partial charge in [0.05, 0.1) is 5.56 Å². The van der Waals surface area contributed by atoms with Gasteiger partial charge in [-0.15, -0.1) is 0 Å². The second kappa shape index (κ2) is 7.43. The number of nitrogens with zero attached hydrogens (tertiary/aromatic N) is 1. The Morgan fingerprint density at radius 2 is 1.62 bits per heavy atom. The number of carboxylic acid groups (broad SMARTS) is 1. The van der Waals surface area contributed by atoms with Crippen molar-refractivity contribution in [3.63, 3.8) is 0 Å². The number of rotatable bonds is 4. The number of hydrogen-bond acceptors (Lipinski definition) is 6. The van der Waals surface area contributed by atoms with Crippen LogP contribution in [0.1, 0.15) is 56.5 Å². The van der Waals surface area contributed by atoms with E-state index >= 15 is 0 Å². The number of aromatic hydroxyl groups is 1. The van der Waals surface area contributed by atoms with Crippen molar-refractivity contribution in [1.82, 2.24) is 0 Å². The van der Waals surface area contributed by atoms with Gasteiger partial charge < -0.3 is 24.6 Å². The predicted molar refractivity (Wildman–Crippen MR) is 108 cm³/mol. The minimum Gasteiger partial charge on any atom is -0.546 e. The van der Waals surface area contributed by atoms with Crippen molar-refractivity contribution in [2.75, 3.05) is 4.90 Å². The third-order valence-electron chi connectivity index (χ3n) is 5.45. The third-order valence-corrected chi connectivity index (χ3v) is 5.45. The number of ether oxygens (including phenoxy) is 1. The summed E-state index contributed by atoms with van der Waals surface area (Å²) in [4.78, 5) is 25.7. The predicted octanol–water partition coefficient (Wildman–Crippen LogP) is 3.51. The minimum atomic E-state index is -1.52. The summed E-state index contributed by atoms with van der Waals surface area (Å²) in [6, 6.07) is 13.9. The van der Waals surface area contributed by atoms with E-state index in [9.17, 15) is 19.8 Å². The van der Waals surface area contributed by atoms with Crippen molar-refractivity contribution in [3.8, 4) is 5.75 Å². The average molecular weight is 396 g/mol. The molecule has 0 saturated carbocycles. The Morgan fingerprint density at radius 1 is 1.03 bits per heavy atom. The van der Waals surface area contributed by atoms with Gasteiger partial charge in [-0.2, -0.15) is 0 Å². The van der Waals surface area contributed by atoms with Crippen LogP contribution in [0.25, 0.3) is 0 Å². The van der Waals surface area contributed by atoms with Crippen molar-refractivity contribution >= 4 is 17.6 Å². The van der Waals surface area contributed by atoms with Crippen LogP contribution < -0.4 is 10.0 Å². The van der Waals surface area contributed by atoms with Crippen LogP contribution in [0, 0.1) is 0 Å². The summed E-state index contributed by atoms with van der Waals surface area (Å²) in [5.74, 6) is -0.328. The van der Waals surface area contributed by atoms with Gasteiger partial charge in [-0.1, -0.05) is 30.3 Å². The molecular weight excluding hydrogens is 370 g/mol.